The van der Waals surface area contributed by atoms with Crippen LogP contribution in [0.4, 0.5) is 4.39 Å². The van der Waals surface area contributed by atoms with Crippen molar-refractivity contribution in [2.45, 2.75) is 39.2 Å². The summed E-state index contributed by atoms with van der Waals surface area (Å²) >= 11 is 0. The molecule has 0 spiro atoms. The van der Waals surface area contributed by atoms with Crippen molar-refractivity contribution in [3.8, 4) is 5.75 Å². The van der Waals surface area contributed by atoms with Crippen molar-refractivity contribution >= 4 is 5.97 Å². The Labute approximate surface area is 107 Å². The van der Waals surface area contributed by atoms with Crippen LogP contribution < -0.4 is 4.74 Å². The Balaban J connectivity index is 2.57. The first kappa shape index (κ1) is 14.5. The zero-order chi connectivity index (χ0) is 13.6. The fourth-order valence-corrected chi connectivity index (χ4v) is 1.32. The van der Waals surface area contributed by atoms with Gasteiger partial charge in [-0.3, -0.25) is 0 Å². The number of carbonyl (C=O) groups is 1. The molecular weight excluding hydrogens is 235 g/mol. The van der Waals surface area contributed by atoms with Crippen molar-refractivity contribution < 1.29 is 18.7 Å². The Morgan fingerprint density at radius 3 is 2.44 bits per heavy atom. The van der Waals surface area contributed by atoms with Gasteiger partial charge in [0, 0.05) is 0 Å². The highest BCUT2D eigenvalue weighted by Crippen LogP contribution is 2.19. The highest BCUT2D eigenvalue weighted by molar-refractivity contribution is 5.79. The summed E-state index contributed by atoms with van der Waals surface area (Å²) in [5.41, 5.74) is -1.08. The third kappa shape index (κ3) is 4.35. The monoisotopic (exact) mass is 254 g/mol. The van der Waals surface area contributed by atoms with Crippen molar-refractivity contribution in [3.05, 3.63) is 30.1 Å². The molecule has 0 aliphatic heterocycles. The first-order chi connectivity index (χ1) is 8.45. The van der Waals surface area contributed by atoms with E-state index in [1.807, 2.05) is 6.92 Å². The van der Waals surface area contributed by atoms with Gasteiger partial charge >= 0.3 is 5.97 Å². The normalized spacial score (nSPS) is 11.1. The summed E-state index contributed by atoms with van der Waals surface area (Å²) in [6, 6.07) is 5.54. The molecular formula is C14H19FO3. The molecule has 0 unspecified atom stereocenters. The smallest absolute Gasteiger partial charge is 0.349 e. The zero-order valence-electron chi connectivity index (χ0n) is 11.0. The molecule has 3 nitrogen and oxygen atoms in total. The molecule has 0 aliphatic carbocycles. The minimum atomic E-state index is -1.08. The lowest BCUT2D eigenvalue weighted by Crippen LogP contribution is -2.39. The van der Waals surface area contributed by atoms with Crippen LogP contribution in [0.2, 0.25) is 0 Å². The summed E-state index contributed by atoms with van der Waals surface area (Å²) in [6.07, 6.45) is 1.80. The molecule has 100 valence electrons. The predicted molar refractivity (Wildman–Crippen MR) is 67.0 cm³/mol. The summed E-state index contributed by atoms with van der Waals surface area (Å²) < 4.78 is 23.3. The third-order valence-electron chi connectivity index (χ3n) is 2.41. The van der Waals surface area contributed by atoms with Crippen molar-refractivity contribution in [3.63, 3.8) is 0 Å². The first-order valence-corrected chi connectivity index (χ1v) is 6.07. The molecule has 1 aromatic rings. The van der Waals surface area contributed by atoms with Gasteiger partial charge in [-0.1, -0.05) is 13.3 Å². The second kappa shape index (κ2) is 6.38. The van der Waals surface area contributed by atoms with E-state index in [9.17, 15) is 9.18 Å². The van der Waals surface area contributed by atoms with Gasteiger partial charge in [0.2, 0.25) is 0 Å². The molecule has 4 heteroatoms. The molecule has 0 saturated heterocycles. The van der Waals surface area contributed by atoms with Crippen LogP contribution in [0.3, 0.4) is 0 Å². The van der Waals surface area contributed by atoms with Gasteiger partial charge in [0.15, 0.2) is 5.60 Å². The summed E-state index contributed by atoms with van der Waals surface area (Å²) in [6.45, 7) is 5.68. The number of benzene rings is 1. The second-order valence-electron chi connectivity index (χ2n) is 4.56. The van der Waals surface area contributed by atoms with Crippen molar-refractivity contribution in [2.75, 3.05) is 6.61 Å². The fourth-order valence-electron chi connectivity index (χ4n) is 1.32. The fraction of sp³-hybridized carbons (Fsp3) is 0.500. The minimum Gasteiger partial charge on any atom is -0.476 e. The first-order valence-electron chi connectivity index (χ1n) is 6.07. The van der Waals surface area contributed by atoms with E-state index in [0.717, 1.165) is 12.8 Å². The highest BCUT2D eigenvalue weighted by atomic mass is 19.1. The lowest BCUT2D eigenvalue weighted by atomic mass is 10.1. The SMILES string of the molecule is CCCCOC(=O)C(C)(C)Oc1ccc(F)cc1. The second-order valence-corrected chi connectivity index (χ2v) is 4.56. The number of hydrogen-bond donors (Lipinski definition) is 0. The molecule has 1 aromatic carbocycles. The van der Waals surface area contributed by atoms with E-state index < -0.39 is 11.6 Å². The Bertz CT molecular complexity index is 385. The molecule has 18 heavy (non-hydrogen) atoms. The summed E-state index contributed by atoms with van der Waals surface area (Å²) in [5.74, 6) is -0.320. The number of esters is 1. The van der Waals surface area contributed by atoms with E-state index in [0.29, 0.717) is 12.4 Å². The van der Waals surface area contributed by atoms with Gasteiger partial charge in [-0.25, -0.2) is 9.18 Å². The van der Waals surface area contributed by atoms with E-state index in [-0.39, 0.29) is 5.82 Å². The number of ether oxygens (including phenoxy) is 2. The average Bonchev–Trinajstić information content (AvgIpc) is 2.32. The molecule has 0 bridgehead atoms. The Kier molecular flexibility index (Phi) is 5.13. The molecule has 0 fully saturated rings. The maximum atomic E-state index is 12.7. The van der Waals surface area contributed by atoms with Crippen LogP contribution in [0.5, 0.6) is 5.75 Å². The number of unbranched alkanes of at least 4 members (excludes halogenated alkanes) is 1. The molecule has 0 saturated carbocycles. The van der Waals surface area contributed by atoms with E-state index in [1.165, 1.54) is 24.3 Å². The van der Waals surface area contributed by atoms with Crippen LogP contribution in [-0.4, -0.2) is 18.2 Å². The number of rotatable bonds is 6. The highest BCUT2D eigenvalue weighted by Gasteiger charge is 2.31. The molecule has 0 radical (unpaired) electrons. The third-order valence-corrected chi connectivity index (χ3v) is 2.41. The van der Waals surface area contributed by atoms with Crippen LogP contribution in [0.25, 0.3) is 0 Å². The van der Waals surface area contributed by atoms with Gasteiger partial charge in [0.1, 0.15) is 11.6 Å². The summed E-state index contributed by atoms with van der Waals surface area (Å²) in [7, 11) is 0. The maximum absolute atomic E-state index is 12.7. The lowest BCUT2D eigenvalue weighted by molar-refractivity contribution is -0.159. The van der Waals surface area contributed by atoms with E-state index in [2.05, 4.69) is 0 Å². The zero-order valence-corrected chi connectivity index (χ0v) is 11.0. The summed E-state index contributed by atoms with van der Waals surface area (Å²) in [5, 5.41) is 0. The molecule has 0 N–H and O–H groups in total. The largest absolute Gasteiger partial charge is 0.476 e. The predicted octanol–water partition coefficient (Wildman–Crippen LogP) is 3.33. The van der Waals surface area contributed by atoms with Gasteiger partial charge in [0.05, 0.1) is 6.61 Å². The topological polar surface area (TPSA) is 35.5 Å². The molecule has 0 heterocycles. The molecule has 0 aromatic heterocycles. The standard InChI is InChI=1S/C14H19FO3/c1-4-5-10-17-13(16)14(2,3)18-12-8-6-11(15)7-9-12/h6-9H,4-5,10H2,1-3H3. The van der Waals surface area contributed by atoms with Gasteiger partial charge < -0.3 is 9.47 Å². The maximum Gasteiger partial charge on any atom is 0.349 e. The van der Waals surface area contributed by atoms with E-state index >= 15 is 0 Å². The van der Waals surface area contributed by atoms with Crippen molar-refractivity contribution in [2.24, 2.45) is 0 Å². The van der Waals surface area contributed by atoms with E-state index in [4.69, 9.17) is 9.47 Å². The van der Waals surface area contributed by atoms with E-state index in [1.54, 1.807) is 13.8 Å². The van der Waals surface area contributed by atoms with Crippen molar-refractivity contribution in [1.82, 2.24) is 0 Å². The van der Waals surface area contributed by atoms with Crippen molar-refractivity contribution in [1.29, 1.82) is 0 Å². The number of carbonyl (C=O) groups excluding carboxylic acids is 1. The van der Waals surface area contributed by atoms with Crippen LogP contribution in [-0.2, 0) is 9.53 Å². The van der Waals surface area contributed by atoms with Crippen LogP contribution >= 0.6 is 0 Å². The van der Waals surface area contributed by atoms with Gasteiger partial charge in [-0.2, -0.15) is 0 Å². The minimum absolute atomic E-state index is 0.342. The van der Waals surface area contributed by atoms with Crippen LogP contribution in [0.1, 0.15) is 33.6 Å². The molecule has 1 rings (SSSR count). The average molecular weight is 254 g/mol. The number of halogens is 1. The lowest BCUT2D eigenvalue weighted by Gasteiger charge is -2.24. The molecule has 0 aliphatic rings. The molecule has 0 atom stereocenters. The number of hydrogen-bond acceptors (Lipinski definition) is 3. The van der Waals surface area contributed by atoms with Crippen LogP contribution in [0, 0.1) is 5.82 Å². The van der Waals surface area contributed by atoms with Gasteiger partial charge in [-0.05, 0) is 44.5 Å². The Morgan fingerprint density at radius 2 is 1.89 bits per heavy atom. The van der Waals surface area contributed by atoms with Gasteiger partial charge in [0.25, 0.3) is 0 Å². The Morgan fingerprint density at radius 1 is 1.28 bits per heavy atom. The van der Waals surface area contributed by atoms with Crippen LogP contribution in [0.15, 0.2) is 24.3 Å². The summed E-state index contributed by atoms with van der Waals surface area (Å²) in [4.78, 5) is 11.8. The quantitative estimate of drug-likeness (QED) is 0.577. The van der Waals surface area contributed by atoms with Gasteiger partial charge in [-0.15, -0.1) is 0 Å². The Hall–Kier alpha value is -1.58. The molecule has 0 amide bonds.